The molecule has 1 aromatic rings. The van der Waals surface area contributed by atoms with E-state index >= 15 is 0 Å². The largest absolute Gasteiger partial charge is 0.305 e. The molecule has 0 aromatic heterocycles. The highest BCUT2D eigenvalue weighted by Gasteiger charge is 2.36. The molecular weight excluding hydrogens is 206 g/mol. The summed E-state index contributed by atoms with van der Waals surface area (Å²) in [5, 5.41) is 0. The minimum Gasteiger partial charge on any atom is -0.305 e. The van der Waals surface area contributed by atoms with E-state index in [2.05, 4.69) is 52.6 Å². The van der Waals surface area contributed by atoms with Crippen molar-refractivity contribution in [2.75, 3.05) is 20.1 Å². The fraction of sp³-hybridized carbons (Fsp3) is 0.625. The normalized spacial score (nSPS) is 25.5. The predicted molar refractivity (Wildman–Crippen MR) is 74.9 cm³/mol. The molecule has 0 unspecified atom stereocenters. The lowest BCUT2D eigenvalue weighted by atomic mass is 9.75. The molecule has 1 heterocycles. The van der Waals surface area contributed by atoms with Gasteiger partial charge in [-0.2, -0.15) is 0 Å². The van der Waals surface area contributed by atoms with Crippen molar-refractivity contribution >= 4 is 0 Å². The molecule has 1 aromatic carbocycles. The SMILES string of the molecule is Cc1cc(C)c(C)c([C@]2(C)CCN(C)C2)c1C. The predicted octanol–water partition coefficient (Wildman–Crippen LogP) is 3.51. The maximum Gasteiger partial charge on any atom is 0.00736 e. The van der Waals surface area contributed by atoms with Crippen molar-refractivity contribution in [1.82, 2.24) is 4.90 Å². The van der Waals surface area contributed by atoms with Crippen LogP contribution in [0.4, 0.5) is 0 Å². The number of rotatable bonds is 1. The van der Waals surface area contributed by atoms with Crippen LogP contribution in [-0.4, -0.2) is 25.0 Å². The third-order valence-electron chi connectivity index (χ3n) is 4.63. The van der Waals surface area contributed by atoms with Crippen LogP contribution >= 0.6 is 0 Å². The minimum atomic E-state index is 0.347. The van der Waals surface area contributed by atoms with Crippen molar-refractivity contribution in [3.05, 3.63) is 33.9 Å². The van der Waals surface area contributed by atoms with Crippen molar-refractivity contribution in [2.24, 2.45) is 0 Å². The molecule has 17 heavy (non-hydrogen) atoms. The number of aryl methyl sites for hydroxylation is 2. The molecule has 1 heteroatoms. The van der Waals surface area contributed by atoms with Crippen LogP contribution in [-0.2, 0) is 5.41 Å². The number of nitrogens with zero attached hydrogens (tertiary/aromatic N) is 1. The van der Waals surface area contributed by atoms with Gasteiger partial charge in [-0.25, -0.2) is 0 Å². The molecule has 2 rings (SSSR count). The molecule has 0 amide bonds. The molecule has 0 radical (unpaired) electrons. The second-order valence-corrected chi connectivity index (χ2v) is 6.18. The van der Waals surface area contributed by atoms with Gasteiger partial charge in [0.25, 0.3) is 0 Å². The van der Waals surface area contributed by atoms with Crippen LogP contribution in [0.3, 0.4) is 0 Å². The van der Waals surface area contributed by atoms with Crippen LogP contribution in [0, 0.1) is 27.7 Å². The first-order valence-corrected chi connectivity index (χ1v) is 6.61. The number of likely N-dealkylation sites (tertiary alicyclic amines) is 1. The first-order valence-electron chi connectivity index (χ1n) is 6.61. The lowest BCUT2D eigenvalue weighted by molar-refractivity contribution is 0.380. The van der Waals surface area contributed by atoms with E-state index in [0.29, 0.717) is 5.41 Å². The molecule has 0 aliphatic carbocycles. The lowest BCUT2D eigenvalue weighted by Gasteiger charge is -2.30. The van der Waals surface area contributed by atoms with E-state index in [1.807, 2.05) is 0 Å². The second-order valence-electron chi connectivity index (χ2n) is 6.18. The molecule has 0 N–H and O–H groups in total. The summed E-state index contributed by atoms with van der Waals surface area (Å²) in [6.45, 7) is 13.9. The van der Waals surface area contributed by atoms with Gasteiger partial charge in [0.2, 0.25) is 0 Å². The van der Waals surface area contributed by atoms with Gasteiger partial charge in [-0.05, 0) is 75.5 Å². The maximum absolute atomic E-state index is 2.45. The zero-order valence-corrected chi connectivity index (χ0v) is 12.1. The zero-order valence-electron chi connectivity index (χ0n) is 12.1. The Hall–Kier alpha value is -0.820. The standard InChI is InChI=1S/C16H25N/c1-11-9-12(2)14(4)15(13(11)3)16(5)7-8-17(6)10-16/h9H,7-8,10H2,1-6H3/t16-/m1/s1. The molecule has 1 aliphatic rings. The molecule has 0 spiro atoms. The summed E-state index contributed by atoms with van der Waals surface area (Å²) in [4.78, 5) is 2.45. The Balaban J connectivity index is 2.59. The molecule has 1 fully saturated rings. The molecular formula is C16H25N. The van der Waals surface area contributed by atoms with E-state index in [-0.39, 0.29) is 0 Å². The van der Waals surface area contributed by atoms with Crippen LogP contribution < -0.4 is 0 Å². The summed E-state index contributed by atoms with van der Waals surface area (Å²) in [5.41, 5.74) is 7.86. The quantitative estimate of drug-likeness (QED) is 0.715. The maximum atomic E-state index is 2.45. The van der Waals surface area contributed by atoms with Crippen molar-refractivity contribution in [3.8, 4) is 0 Å². The topological polar surface area (TPSA) is 3.24 Å². The Labute approximate surface area is 106 Å². The van der Waals surface area contributed by atoms with Gasteiger partial charge in [0.15, 0.2) is 0 Å². The van der Waals surface area contributed by atoms with E-state index in [1.165, 1.54) is 41.8 Å². The molecule has 1 saturated heterocycles. The van der Waals surface area contributed by atoms with Gasteiger partial charge in [0, 0.05) is 12.0 Å². The number of likely N-dealkylation sites (N-methyl/N-ethyl adjacent to an activating group) is 1. The monoisotopic (exact) mass is 231 g/mol. The average molecular weight is 231 g/mol. The van der Waals surface area contributed by atoms with Gasteiger partial charge < -0.3 is 4.90 Å². The highest BCUT2D eigenvalue weighted by molar-refractivity contribution is 5.48. The van der Waals surface area contributed by atoms with Gasteiger partial charge >= 0.3 is 0 Å². The molecule has 94 valence electrons. The summed E-state index contributed by atoms with van der Waals surface area (Å²) in [6, 6.07) is 2.33. The van der Waals surface area contributed by atoms with Crippen molar-refractivity contribution in [1.29, 1.82) is 0 Å². The van der Waals surface area contributed by atoms with E-state index in [9.17, 15) is 0 Å². The Morgan fingerprint density at radius 2 is 1.59 bits per heavy atom. The van der Waals surface area contributed by atoms with Crippen molar-refractivity contribution in [2.45, 2.75) is 46.5 Å². The molecule has 1 aliphatic heterocycles. The van der Waals surface area contributed by atoms with E-state index in [1.54, 1.807) is 5.56 Å². The Morgan fingerprint density at radius 3 is 2.00 bits per heavy atom. The lowest BCUT2D eigenvalue weighted by Crippen LogP contribution is -2.28. The highest BCUT2D eigenvalue weighted by atomic mass is 15.1. The third kappa shape index (κ3) is 2.01. The third-order valence-corrected chi connectivity index (χ3v) is 4.63. The summed E-state index contributed by atoms with van der Waals surface area (Å²) >= 11 is 0. The molecule has 0 bridgehead atoms. The number of benzene rings is 1. The van der Waals surface area contributed by atoms with Gasteiger partial charge in [-0.3, -0.25) is 0 Å². The smallest absolute Gasteiger partial charge is 0.00736 e. The van der Waals surface area contributed by atoms with Crippen molar-refractivity contribution in [3.63, 3.8) is 0 Å². The fourth-order valence-corrected chi connectivity index (χ4v) is 3.52. The number of hydrogen-bond acceptors (Lipinski definition) is 1. The van der Waals surface area contributed by atoms with Crippen LogP contribution in [0.1, 0.15) is 41.2 Å². The summed E-state index contributed by atoms with van der Waals surface area (Å²) in [6.07, 6.45) is 1.29. The first kappa shape index (κ1) is 12.6. The van der Waals surface area contributed by atoms with Crippen LogP contribution in [0.2, 0.25) is 0 Å². The Kier molecular flexibility index (Phi) is 3.07. The van der Waals surface area contributed by atoms with Crippen LogP contribution in [0.5, 0.6) is 0 Å². The van der Waals surface area contributed by atoms with Gasteiger partial charge in [-0.1, -0.05) is 13.0 Å². The minimum absolute atomic E-state index is 0.347. The zero-order chi connectivity index (χ0) is 12.8. The number of hydrogen-bond donors (Lipinski definition) is 0. The molecule has 1 atom stereocenters. The first-order chi connectivity index (χ1) is 7.85. The summed E-state index contributed by atoms with van der Waals surface area (Å²) in [5.74, 6) is 0. The van der Waals surface area contributed by atoms with Gasteiger partial charge in [0.05, 0.1) is 0 Å². The van der Waals surface area contributed by atoms with E-state index in [4.69, 9.17) is 0 Å². The summed E-state index contributed by atoms with van der Waals surface area (Å²) in [7, 11) is 2.23. The Bertz CT molecular complexity index is 421. The van der Waals surface area contributed by atoms with Crippen LogP contribution in [0.25, 0.3) is 0 Å². The fourth-order valence-electron chi connectivity index (χ4n) is 3.52. The van der Waals surface area contributed by atoms with Crippen molar-refractivity contribution < 1.29 is 0 Å². The van der Waals surface area contributed by atoms with Gasteiger partial charge in [-0.15, -0.1) is 0 Å². The average Bonchev–Trinajstić information content (AvgIpc) is 2.57. The van der Waals surface area contributed by atoms with E-state index in [0.717, 1.165) is 0 Å². The van der Waals surface area contributed by atoms with Crippen LogP contribution in [0.15, 0.2) is 6.07 Å². The van der Waals surface area contributed by atoms with Gasteiger partial charge in [0.1, 0.15) is 0 Å². The molecule has 1 nitrogen and oxygen atoms in total. The summed E-state index contributed by atoms with van der Waals surface area (Å²) < 4.78 is 0. The second kappa shape index (κ2) is 4.13. The van der Waals surface area contributed by atoms with E-state index < -0.39 is 0 Å². The highest BCUT2D eigenvalue weighted by Crippen LogP contribution is 2.39. The Morgan fingerprint density at radius 1 is 1.06 bits per heavy atom. The molecule has 0 saturated carbocycles.